The molecule has 27 heavy (non-hydrogen) atoms. The lowest BCUT2D eigenvalue weighted by atomic mass is 9.95. The van der Waals surface area contributed by atoms with Crippen LogP contribution in [0.2, 0.25) is 0 Å². The number of aryl methyl sites for hydroxylation is 2. The predicted octanol–water partition coefficient (Wildman–Crippen LogP) is 4.22. The molecule has 140 valence electrons. The number of halogens is 1. The van der Waals surface area contributed by atoms with Gasteiger partial charge >= 0.3 is 5.97 Å². The Kier molecular flexibility index (Phi) is 4.83. The standard InChI is InChI=1S/C21H21FN2O3/c1-11(2)21(27)14-8-13(4)19(15(22)9-14)20-16(10-18(25)26)24-6-5-12(3)7-17(24)23-20/h5-9,11H,10H2,1-4H3,(H,25,26). The highest BCUT2D eigenvalue weighted by atomic mass is 19.1. The van der Waals surface area contributed by atoms with E-state index in [2.05, 4.69) is 4.98 Å². The summed E-state index contributed by atoms with van der Waals surface area (Å²) in [5.41, 5.74) is 3.31. The van der Waals surface area contributed by atoms with Crippen LogP contribution in [0.4, 0.5) is 4.39 Å². The number of carbonyl (C=O) groups is 2. The number of Topliss-reactive ketones (excluding diaryl/α,β-unsaturated/α-hetero) is 1. The first-order valence-corrected chi connectivity index (χ1v) is 8.73. The minimum Gasteiger partial charge on any atom is -0.481 e. The van der Waals surface area contributed by atoms with Gasteiger partial charge in [0.25, 0.3) is 0 Å². The van der Waals surface area contributed by atoms with Crippen molar-refractivity contribution in [2.24, 2.45) is 5.92 Å². The van der Waals surface area contributed by atoms with Crippen LogP contribution in [0.25, 0.3) is 16.9 Å². The topological polar surface area (TPSA) is 71.7 Å². The van der Waals surface area contributed by atoms with E-state index < -0.39 is 11.8 Å². The van der Waals surface area contributed by atoms with Gasteiger partial charge in [-0.3, -0.25) is 9.59 Å². The van der Waals surface area contributed by atoms with E-state index in [0.29, 0.717) is 28.2 Å². The number of aliphatic carboxylic acids is 1. The van der Waals surface area contributed by atoms with Crippen LogP contribution in [0.1, 0.15) is 41.0 Å². The summed E-state index contributed by atoms with van der Waals surface area (Å²) in [4.78, 5) is 28.1. The average Bonchev–Trinajstić information content (AvgIpc) is 2.90. The molecule has 0 bridgehead atoms. The fourth-order valence-electron chi connectivity index (χ4n) is 3.23. The molecular weight excluding hydrogens is 347 g/mol. The van der Waals surface area contributed by atoms with Gasteiger partial charge in [0.1, 0.15) is 11.5 Å². The molecular formula is C21H21FN2O3. The van der Waals surface area contributed by atoms with Crippen LogP contribution in [-0.2, 0) is 11.2 Å². The lowest BCUT2D eigenvalue weighted by molar-refractivity contribution is -0.136. The third kappa shape index (κ3) is 3.47. The first-order valence-electron chi connectivity index (χ1n) is 8.73. The highest BCUT2D eigenvalue weighted by Gasteiger charge is 2.23. The SMILES string of the molecule is Cc1ccn2c(CC(=O)O)c(-c3c(C)cc(C(=O)C(C)C)cc3F)nc2c1. The van der Waals surface area contributed by atoms with Gasteiger partial charge in [0.15, 0.2) is 5.78 Å². The Hall–Kier alpha value is -3.02. The third-order valence-electron chi connectivity index (χ3n) is 4.53. The number of carboxylic acids is 1. The van der Waals surface area contributed by atoms with Crippen molar-refractivity contribution in [1.82, 2.24) is 9.38 Å². The molecule has 0 spiro atoms. The molecule has 0 fully saturated rings. The summed E-state index contributed by atoms with van der Waals surface area (Å²) in [6, 6.07) is 6.52. The zero-order chi connectivity index (χ0) is 19.9. The Bertz CT molecular complexity index is 1040. The normalized spacial score (nSPS) is 11.3. The Morgan fingerprint density at radius 1 is 1.22 bits per heavy atom. The molecule has 0 atom stereocenters. The average molecular weight is 368 g/mol. The summed E-state index contributed by atoms with van der Waals surface area (Å²) in [5, 5.41) is 9.31. The van der Waals surface area contributed by atoms with Gasteiger partial charge in [-0.05, 0) is 49.2 Å². The number of fused-ring (bicyclic) bond motifs is 1. The second-order valence-corrected chi connectivity index (χ2v) is 7.08. The summed E-state index contributed by atoms with van der Waals surface area (Å²) >= 11 is 0. The summed E-state index contributed by atoms with van der Waals surface area (Å²) in [6.07, 6.45) is 1.45. The summed E-state index contributed by atoms with van der Waals surface area (Å²) < 4.78 is 16.7. The van der Waals surface area contributed by atoms with E-state index in [9.17, 15) is 19.1 Å². The second kappa shape index (κ2) is 6.95. The number of carboxylic acid groups (broad SMARTS) is 1. The number of benzene rings is 1. The summed E-state index contributed by atoms with van der Waals surface area (Å²) in [6.45, 7) is 7.14. The quantitative estimate of drug-likeness (QED) is 0.685. The van der Waals surface area contributed by atoms with Gasteiger partial charge in [-0.15, -0.1) is 0 Å². The maximum Gasteiger partial charge on any atom is 0.309 e. The van der Waals surface area contributed by atoms with Crippen molar-refractivity contribution in [3.8, 4) is 11.3 Å². The molecule has 0 unspecified atom stereocenters. The molecule has 2 aromatic heterocycles. The van der Waals surface area contributed by atoms with Gasteiger partial charge in [-0.1, -0.05) is 13.8 Å². The minimum absolute atomic E-state index is 0.139. The van der Waals surface area contributed by atoms with Gasteiger partial charge in [0, 0.05) is 23.2 Å². The molecule has 3 aromatic rings. The number of ketones is 1. The van der Waals surface area contributed by atoms with Crippen LogP contribution in [0.15, 0.2) is 30.5 Å². The fourth-order valence-corrected chi connectivity index (χ4v) is 3.23. The van der Waals surface area contributed by atoms with Crippen LogP contribution >= 0.6 is 0 Å². The summed E-state index contributed by atoms with van der Waals surface area (Å²) in [7, 11) is 0. The molecule has 0 radical (unpaired) electrons. The molecule has 0 aliphatic rings. The minimum atomic E-state index is -1.02. The van der Waals surface area contributed by atoms with Gasteiger partial charge in [-0.25, -0.2) is 9.37 Å². The predicted molar refractivity (Wildman–Crippen MR) is 101 cm³/mol. The lowest BCUT2D eigenvalue weighted by Crippen LogP contribution is -2.09. The van der Waals surface area contributed by atoms with E-state index >= 15 is 0 Å². The van der Waals surface area contributed by atoms with Crippen molar-refractivity contribution in [1.29, 1.82) is 0 Å². The number of hydrogen-bond acceptors (Lipinski definition) is 3. The molecule has 0 aliphatic heterocycles. The number of aromatic nitrogens is 2. The van der Waals surface area contributed by atoms with E-state index in [4.69, 9.17) is 0 Å². The fraction of sp³-hybridized carbons (Fsp3) is 0.286. The van der Waals surface area contributed by atoms with Gasteiger partial charge < -0.3 is 9.51 Å². The van der Waals surface area contributed by atoms with E-state index in [1.54, 1.807) is 37.4 Å². The van der Waals surface area contributed by atoms with E-state index in [1.807, 2.05) is 19.1 Å². The first kappa shape index (κ1) is 18.8. The monoisotopic (exact) mass is 368 g/mol. The van der Waals surface area contributed by atoms with E-state index in [0.717, 1.165) is 5.56 Å². The Morgan fingerprint density at radius 2 is 1.93 bits per heavy atom. The molecule has 0 saturated carbocycles. The zero-order valence-electron chi connectivity index (χ0n) is 15.7. The van der Waals surface area contributed by atoms with Crippen LogP contribution in [0.3, 0.4) is 0 Å². The molecule has 0 amide bonds. The van der Waals surface area contributed by atoms with Crippen molar-refractivity contribution < 1.29 is 19.1 Å². The summed E-state index contributed by atoms with van der Waals surface area (Å²) in [5.74, 6) is -1.98. The van der Waals surface area contributed by atoms with Crippen molar-refractivity contribution in [3.05, 3.63) is 58.7 Å². The molecule has 1 aromatic carbocycles. The largest absolute Gasteiger partial charge is 0.481 e. The Balaban J connectivity index is 2.25. The number of carbonyl (C=O) groups excluding carboxylic acids is 1. The Morgan fingerprint density at radius 3 is 2.52 bits per heavy atom. The maximum absolute atomic E-state index is 15.0. The maximum atomic E-state index is 15.0. The molecule has 1 N–H and O–H groups in total. The van der Waals surface area contributed by atoms with Crippen molar-refractivity contribution in [2.75, 3.05) is 0 Å². The van der Waals surface area contributed by atoms with Crippen LogP contribution in [0, 0.1) is 25.6 Å². The molecule has 0 aliphatic carbocycles. The van der Waals surface area contributed by atoms with E-state index in [1.165, 1.54) is 6.07 Å². The Labute approximate surface area is 156 Å². The third-order valence-corrected chi connectivity index (χ3v) is 4.53. The molecule has 5 nitrogen and oxygen atoms in total. The molecule has 6 heteroatoms. The van der Waals surface area contributed by atoms with Crippen LogP contribution in [-0.4, -0.2) is 26.2 Å². The van der Waals surface area contributed by atoms with E-state index in [-0.39, 0.29) is 23.7 Å². The van der Waals surface area contributed by atoms with Gasteiger partial charge in [0.2, 0.25) is 0 Å². The van der Waals surface area contributed by atoms with Crippen molar-refractivity contribution in [3.63, 3.8) is 0 Å². The number of hydrogen-bond donors (Lipinski definition) is 1. The van der Waals surface area contributed by atoms with Crippen LogP contribution in [0.5, 0.6) is 0 Å². The molecule has 0 saturated heterocycles. The second-order valence-electron chi connectivity index (χ2n) is 7.08. The molecule has 3 rings (SSSR count). The van der Waals surface area contributed by atoms with Gasteiger partial charge in [0.05, 0.1) is 17.8 Å². The van der Waals surface area contributed by atoms with Crippen molar-refractivity contribution >= 4 is 17.4 Å². The highest BCUT2D eigenvalue weighted by Crippen LogP contribution is 2.32. The van der Waals surface area contributed by atoms with Gasteiger partial charge in [-0.2, -0.15) is 0 Å². The first-order chi connectivity index (χ1) is 12.7. The number of pyridine rings is 1. The molecule has 2 heterocycles. The zero-order valence-corrected chi connectivity index (χ0v) is 15.7. The number of rotatable bonds is 5. The highest BCUT2D eigenvalue weighted by molar-refractivity contribution is 5.98. The van der Waals surface area contributed by atoms with Crippen molar-refractivity contribution in [2.45, 2.75) is 34.1 Å². The lowest BCUT2D eigenvalue weighted by Gasteiger charge is -2.11. The number of nitrogens with zero attached hydrogens (tertiary/aromatic N) is 2. The number of imidazole rings is 1. The van der Waals surface area contributed by atoms with Crippen LogP contribution < -0.4 is 0 Å². The smallest absolute Gasteiger partial charge is 0.309 e.